The molecule has 0 bridgehead atoms. The summed E-state index contributed by atoms with van der Waals surface area (Å²) in [6.07, 6.45) is 1.91. The van der Waals surface area contributed by atoms with Crippen LogP contribution in [0.25, 0.3) is 0 Å². The van der Waals surface area contributed by atoms with Crippen LogP contribution in [0.1, 0.15) is 23.2 Å². The predicted octanol–water partition coefficient (Wildman–Crippen LogP) is 2.07. The number of hydrogen-bond acceptors (Lipinski definition) is 4. The van der Waals surface area contributed by atoms with Gasteiger partial charge in [-0.1, -0.05) is 11.6 Å². The van der Waals surface area contributed by atoms with Gasteiger partial charge in [0, 0.05) is 24.7 Å². The molecule has 6 nitrogen and oxygen atoms in total. The Bertz CT molecular complexity index is 513. The van der Waals surface area contributed by atoms with Gasteiger partial charge in [0.25, 0.3) is 11.6 Å². The van der Waals surface area contributed by atoms with E-state index in [4.69, 9.17) is 17.3 Å². The van der Waals surface area contributed by atoms with E-state index in [9.17, 15) is 14.9 Å². The largest absolute Gasteiger partial charge is 0.392 e. The number of amides is 1. The molecule has 1 aliphatic heterocycles. The van der Waals surface area contributed by atoms with Crippen molar-refractivity contribution in [3.63, 3.8) is 0 Å². The van der Waals surface area contributed by atoms with E-state index in [1.807, 2.05) is 0 Å². The zero-order valence-corrected chi connectivity index (χ0v) is 10.3. The predicted molar refractivity (Wildman–Crippen MR) is 67.7 cm³/mol. The number of nitrogens with two attached hydrogens (primary N) is 1. The molecule has 1 fully saturated rings. The molecule has 2 N–H and O–H groups in total. The highest BCUT2D eigenvalue weighted by Crippen LogP contribution is 2.31. The zero-order valence-electron chi connectivity index (χ0n) is 9.56. The number of rotatable bonds is 2. The summed E-state index contributed by atoms with van der Waals surface area (Å²) in [5.74, 6) is -0.238. The first-order chi connectivity index (χ1) is 8.50. The lowest BCUT2D eigenvalue weighted by Crippen LogP contribution is -2.27. The van der Waals surface area contributed by atoms with Crippen molar-refractivity contribution >= 4 is 28.9 Å². The molecule has 2 rings (SSSR count). The van der Waals surface area contributed by atoms with Crippen LogP contribution in [0.15, 0.2) is 12.1 Å². The summed E-state index contributed by atoms with van der Waals surface area (Å²) < 4.78 is 0. The van der Waals surface area contributed by atoms with Gasteiger partial charge in [-0.3, -0.25) is 14.9 Å². The van der Waals surface area contributed by atoms with Crippen LogP contribution in [-0.2, 0) is 0 Å². The second-order valence-electron chi connectivity index (χ2n) is 4.15. The molecule has 1 aliphatic rings. The van der Waals surface area contributed by atoms with E-state index in [0.29, 0.717) is 13.1 Å². The highest BCUT2D eigenvalue weighted by molar-refractivity contribution is 6.34. The first kappa shape index (κ1) is 12.6. The van der Waals surface area contributed by atoms with Gasteiger partial charge >= 0.3 is 0 Å². The number of nitrogens with zero attached hydrogens (tertiary/aromatic N) is 2. The summed E-state index contributed by atoms with van der Waals surface area (Å²) in [6, 6.07) is 2.56. The molecule has 1 saturated heterocycles. The molecule has 1 aromatic rings. The van der Waals surface area contributed by atoms with E-state index in [2.05, 4.69) is 0 Å². The van der Waals surface area contributed by atoms with Gasteiger partial charge in [-0.25, -0.2) is 0 Å². The summed E-state index contributed by atoms with van der Waals surface area (Å²) in [5, 5.41) is 10.8. The van der Waals surface area contributed by atoms with E-state index in [0.717, 1.165) is 12.8 Å². The van der Waals surface area contributed by atoms with E-state index in [-0.39, 0.29) is 27.9 Å². The topological polar surface area (TPSA) is 89.5 Å². The summed E-state index contributed by atoms with van der Waals surface area (Å²) in [5.41, 5.74) is 5.28. The van der Waals surface area contributed by atoms with Gasteiger partial charge in [0.1, 0.15) is 5.69 Å². The maximum atomic E-state index is 12.1. The van der Waals surface area contributed by atoms with Gasteiger partial charge in [-0.05, 0) is 18.9 Å². The molecular formula is C11H12ClN3O3. The number of carbonyl (C=O) groups excluding carboxylic acids is 1. The Morgan fingerprint density at radius 3 is 2.56 bits per heavy atom. The Morgan fingerprint density at radius 1 is 1.39 bits per heavy atom. The van der Waals surface area contributed by atoms with Crippen LogP contribution in [0.4, 0.5) is 11.4 Å². The molecule has 0 spiro atoms. The first-order valence-electron chi connectivity index (χ1n) is 5.53. The molecule has 0 aliphatic carbocycles. The molecule has 1 heterocycles. The number of likely N-dealkylation sites (tertiary alicyclic amines) is 1. The summed E-state index contributed by atoms with van der Waals surface area (Å²) in [6.45, 7) is 1.35. The first-order valence-corrected chi connectivity index (χ1v) is 5.91. The molecule has 0 aromatic heterocycles. The molecular weight excluding hydrogens is 258 g/mol. The number of halogens is 1. The monoisotopic (exact) mass is 269 g/mol. The van der Waals surface area contributed by atoms with Crippen molar-refractivity contribution in [2.75, 3.05) is 18.8 Å². The lowest BCUT2D eigenvalue weighted by Gasteiger charge is -2.15. The molecule has 96 valence electrons. The molecule has 18 heavy (non-hydrogen) atoms. The van der Waals surface area contributed by atoms with Crippen LogP contribution in [0.2, 0.25) is 5.02 Å². The number of nitro benzene ring substituents is 1. The van der Waals surface area contributed by atoms with Crippen LogP contribution in [-0.4, -0.2) is 28.8 Å². The molecule has 0 saturated carbocycles. The second kappa shape index (κ2) is 4.81. The van der Waals surface area contributed by atoms with Crippen molar-refractivity contribution in [2.24, 2.45) is 0 Å². The summed E-state index contributed by atoms with van der Waals surface area (Å²) in [7, 11) is 0. The number of nitrogen functional groups attached to an aromatic ring is 1. The number of benzene rings is 1. The van der Waals surface area contributed by atoms with Gasteiger partial charge in [-0.2, -0.15) is 0 Å². The van der Waals surface area contributed by atoms with Crippen molar-refractivity contribution in [1.82, 2.24) is 4.90 Å². The van der Waals surface area contributed by atoms with Crippen molar-refractivity contribution in [1.29, 1.82) is 0 Å². The Balaban J connectivity index is 2.39. The van der Waals surface area contributed by atoms with Gasteiger partial charge in [0.05, 0.1) is 9.95 Å². The fourth-order valence-corrected chi connectivity index (χ4v) is 2.20. The Morgan fingerprint density at radius 2 is 2.00 bits per heavy atom. The van der Waals surface area contributed by atoms with Crippen molar-refractivity contribution in [2.45, 2.75) is 12.8 Å². The second-order valence-corrected chi connectivity index (χ2v) is 4.55. The number of nitro groups is 1. The average molecular weight is 270 g/mol. The lowest BCUT2D eigenvalue weighted by molar-refractivity contribution is -0.383. The Hall–Kier alpha value is -1.82. The smallest absolute Gasteiger partial charge is 0.294 e. The fraction of sp³-hybridized carbons (Fsp3) is 0.364. The highest BCUT2D eigenvalue weighted by atomic mass is 35.5. The molecule has 7 heteroatoms. The minimum Gasteiger partial charge on any atom is -0.392 e. The van der Waals surface area contributed by atoms with Gasteiger partial charge in [0.15, 0.2) is 0 Å². The molecule has 1 aromatic carbocycles. The molecule has 1 amide bonds. The van der Waals surface area contributed by atoms with Crippen molar-refractivity contribution in [3.05, 3.63) is 32.8 Å². The SMILES string of the molecule is Nc1c(Cl)cc(C(=O)N2CCCC2)cc1[N+](=O)[O-]. The fourth-order valence-electron chi connectivity index (χ4n) is 1.98. The van der Waals surface area contributed by atoms with Crippen LogP contribution in [0, 0.1) is 10.1 Å². The third-order valence-electron chi connectivity index (χ3n) is 2.94. The maximum absolute atomic E-state index is 12.1. The van der Waals surface area contributed by atoms with E-state index >= 15 is 0 Å². The van der Waals surface area contributed by atoms with Gasteiger partial charge in [0.2, 0.25) is 0 Å². The van der Waals surface area contributed by atoms with Crippen LogP contribution < -0.4 is 5.73 Å². The summed E-state index contributed by atoms with van der Waals surface area (Å²) >= 11 is 5.81. The van der Waals surface area contributed by atoms with E-state index in [1.165, 1.54) is 12.1 Å². The van der Waals surface area contributed by atoms with Gasteiger partial charge in [-0.15, -0.1) is 0 Å². The Labute approximate surface area is 108 Å². The quantitative estimate of drug-likeness (QED) is 0.505. The van der Waals surface area contributed by atoms with Gasteiger partial charge < -0.3 is 10.6 Å². The number of hydrogen-bond donors (Lipinski definition) is 1. The zero-order chi connectivity index (χ0) is 13.3. The normalized spacial score (nSPS) is 14.8. The number of anilines is 1. The third-order valence-corrected chi connectivity index (χ3v) is 3.26. The molecule has 0 radical (unpaired) electrons. The summed E-state index contributed by atoms with van der Waals surface area (Å²) in [4.78, 5) is 23.9. The van der Waals surface area contributed by atoms with Crippen LogP contribution in [0.3, 0.4) is 0 Å². The lowest BCUT2D eigenvalue weighted by atomic mass is 10.1. The maximum Gasteiger partial charge on any atom is 0.294 e. The van der Waals surface area contributed by atoms with Crippen molar-refractivity contribution < 1.29 is 9.72 Å². The molecule has 0 atom stereocenters. The third kappa shape index (κ3) is 2.24. The van der Waals surface area contributed by atoms with Crippen LogP contribution in [0.5, 0.6) is 0 Å². The number of carbonyl (C=O) groups is 1. The van der Waals surface area contributed by atoms with E-state index in [1.54, 1.807) is 4.90 Å². The van der Waals surface area contributed by atoms with Crippen molar-refractivity contribution in [3.8, 4) is 0 Å². The molecule has 0 unspecified atom stereocenters. The Kier molecular flexibility index (Phi) is 3.38. The minimum absolute atomic E-state index is 0.0340. The van der Waals surface area contributed by atoms with Crippen LogP contribution >= 0.6 is 11.6 Å². The minimum atomic E-state index is -0.637. The average Bonchev–Trinajstić information content (AvgIpc) is 2.84. The standard InChI is InChI=1S/C11H12ClN3O3/c12-8-5-7(6-9(10(8)13)15(17)18)11(16)14-3-1-2-4-14/h5-6H,1-4,13H2. The highest BCUT2D eigenvalue weighted by Gasteiger charge is 2.24. The van der Waals surface area contributed by atoms with E-state index < -0.39 is 4.92 Å².